The summed E-state index contributed by atoms with van der Waals surface area (Å²) in [6.07, 6.45) is 1.43. The van der Waals surface area contributed by atoms with Crippen LogP contribution in [0, 0.1) is 0 Å². The van der Waals surface area contributed by atoms with E-state index in [-0.39, 0.29) is 17.2 Å². The Balaban J connectivity index is 1.97. The van der Waals surface area contributed by atoms with Crippen molar-refractivity contribution in [2.45, 2.75) is 0 Å². The van der Waals surface area contributed by atoms with Gasteiger partial charge in [-0.15, -0.1) is 5.10 Å². The number of hydrogen-bond acceptors (Lipinski definition) is 4. The van der Waals surface area contributed by atoms with Crippen LogP contribution in [-0.2, 0) is 0 Å². The van der Waals surface area contributed by atoms with Gasteiger partial charge in [0.05, 0.1) is 6.21 Å². The number of rotatable bonds is 5. The zero-order chi connectivity index (χ0) is 17.5. The molecule has 0 aliphatic heterocycles. The fourth-order valence-electron chi connectivity index (χ4n) is 2.30. The molecule has 0 saturated carbocycles. The fraction of sp³-hybridized carbons (Fsp3) is 0. The third-order valence-corrected chi connectivity index (χ3v) is 3.59. The molecule has 122 valence electrons. The summed E-state index contributed by atoms with van der Waals surface area (Å²) in [5.74, 6) is -0.0988. The largest absolute Gasteiger partial charge is 0.507 e. The molecule has 4 nitrogen and oxygen atoms in total. The Labute approximate surface area is 145 Å². The van der Waals surface area contributed by atoms with Crippen LogP contribution >= 0.6 is 0 Å². The molecule has 3 aromatic rings. The summed E-state index contributed by atoms with van der Waals surface area (Å²) in [6, 6.07) is 24.9. The maximum absolute atomic E-state index is 12.8. The zero-order valence-electron chi connectivity index (χ0n) is 13.4. The number of Topliss-reactive ketones (excluding diaryl/α,β-unsaturated/α-hetero) is 1. The molecule has 1 N–H and O–H groups in total. The first kappa shape index (κ1) is 16.3. The van der Waals surface area contributed by atoms with Crippen molar-refractivity contribution in [2.75, 3.05) is 0 Å². The number of phenolic OH excluding ortho intramolecular Hbond substituents is 1. The van der Waals surface area contributed by atoms with Gasteiger partial charge in [-0.05, 0) is 12.1 Å². The molecule has 0 atom stereocenters. The predicted molar refractivity (Wildman–Crippen MR) is 99.5 cm³/mol. The summed E-state index contributed by atoms with van der Waals surface area (Å²) in [5.41, 5.74) is 2.01. The van der Waals surface area contributed by atoms with E-state index in [2.05, 4.69) is 10.2 Å². The van der Waals surface area contributed by atoms with E-state index in [0.29, 0.717) is 16.7 Å². The molecule has 3 rings (SSSR count). The van der Waals surface area contributed by atoms with Crippen LogP contribution in [-0.4, -0.2) is 22.8 Å². The van der Waals surface area contributed by atoms with Gasteiger partial charge in [-0.25, -0.2) is 0 Å². The number of phenols is 1. The average molecular weight is 328 g/mol. The highest BCUT2D eigenvalue weighted by Gasteiger charge is 2.15. The molecule has 0 heterocycles. The van der Waals surface area contributed by atoms with Gasteiger partial charge in [0, 0.05) is 16.7 Å². The van der Waals surface area contributed by atoms with E-state index in [1.165, 1.54) is 6.21 Å². The summed E-state index contributed by atoms with van der Waals surface area (Å²) in [6.45, 7) is 0. The third kappa shape index (κ3) is 4.06. The maximum Gasteiger partial charge on any atom is 0.213 e. The Morgan fingerprint density at radius 3 is 1.96 bits per heavy atom. The van der Waals surface area contributed by atoms with Crippen LogP contribution in [0.15, 0.2) is 95.1 Å². The molecule has 0 saturated heterocycles. The lowest BCUT2D eigenvalue weighted by atomic mass is 10.0. The van der Waals surface area contributed by atoms with Crippen molar-refractivity contribution in [3.8, 4) is 5.75 Å². The number of ketones is 1. The van der Waals surface area contributed by atoms with Gasteiger partial charge < -0.3 is 5.11 Å². The van der Waals surface area contributed by atoms with Crippen molar-refractivity contribution in [2.24, 2.45) is 10.2 Å². The number of benzene rings is 3. The molecule has 0 fully saturated rings. The monoisotopic (exact) mass is 328 g/mol. The lowest BCUT2D eigenvalue weighted by Crippen LogP contribution is -2.15. The normalized spacial score (nSPS) is 11.6. The maximum atomic E-state index is 12.8. The van der Waals surface area contributed by atoms with E-state index < -0.39 is 0 Å². The number of aromatic hydroxyl groups is 1. The molecule has 0 amide bonds. The standard InChI is InChI=1S/C21H16N2O2/c24-19-14-8-7-13-18(19)15-22-23-20(16-9-3-1-4-10-16)21(25)17-11-5-2-6-12-17/h1-15,24H/b22-15+,23-20+. The Bertz CT molecular complexity index is 917. The average Bonchev–Trinajstić information content (AvgIpc) is 2.67. The van der Waals surface area contributed by atoms with E-state index in [9.17, 15) is 9.90 Å². The first-order chi connectivity index (χ1) is 12.3. The summed E-state index contributed by atoms with van der Waals surface area (Å²) < 4.78 is 0. The van der Waals surface area contributed by atoms with Crippen LogP contribution in [0.25, 0.3) is 0 Å². The van der Waals surface area contributed by atoms with E-state index in [0.717, 1.165) is 0 Å². The first-order valence-corrected chi connectivity index (χ1v) is 7.80. The van der Waals surface area contributed by atoms with Gasteiger partial charge in [0.25, 0.3) is 0 Å². The Hall–Kier alpha value is -3.53. The molecule has 4 heteroatoms. The third-order valence-electron chi connectivity index (χ3n) is 3.59. The van der Waals surface area contributed by atoms with Crippen LogP contribution in [0.2, 0.25) is 0 Å². The van der Waals surface area contributed by atoms with Crippen molar-refractivity contribution >= 4 is 17.7 Å². The topological polar surface area (TPSA) is 62.0 Å². The van der Waals surface area contributed by atoms with Gasteiger partial charge in [0.15, 0.2) is 0 Å². The van der Waals surface area contributed by atoms with Crippen molar-refractivity contribution < 1.29 is 9.90 Å². The highest BCUT2D eigenvalue weighted by atomic mass is 16.3. The predicted octanol–water partition coefficient (Wildman–Crippen LogP) is 4.10. The van der Waals surface area contributed by atoms with Crippen molar-refractivity contribution in [3.05, 3.63) is 102 Å². The van der Waals surface area contributed by atoms with Gasteiger partial charge >= 0.3 is 0 Å². The minimum atomic E-state index is -0.207. The molecule has 25 heavy (non-hydrogen) atoms. The van der Waals surface area contributed by atoms with E-state index in [4.69, 9.17) is 0 Å². The number of hydrogen-bond donors (Lipinski definition) is 1. The summed E-state index contributed by atoms with van der Waals surface area (Å²) >= 11 is 0. The number of nitrogens with zero attached hydrogens (tertiary/aromatic N) is 2. The second kappa shape index (κ2) is 7.84. The van der Waals surface area contributed by atoms with Gasteiger partial charge in [-0.2, -0.15) is 5.10 Å². The summed E-state index contributed by atoms with van der Waals surface area (Å²) in [5, 5.41) is 17.9. The van der Waals surface area contributed by atoms with Gasteiger partial charge in [0.1, 0.15) is 11.5 Å². The molecule has 0 bridgehead atoms. The smallest absolute Gasteiger partial charge is 0.213 e. The van der Waals surface area contributed by atoms with Gasteiger partial charge in [-0.3, -0.25) is 4.79 Å². The van der Waals surface area contributed by atoms with Crippen molar-refractivity contribution in [1.82, 2.24) is 0 Å². The summed E-state index contributed by atoms with van der Waals surface area (Å²) in [7, 11) is 0. The molecular weight excluding hydrogens is 312 g/mol. The SMILES string of the molecule is O=C(/C(=N/N=C/c1ccccc1O)c1ccccc1)c1ccccc1. The Kier molecular flexibility index (Phi) is 5.12. The van der Waals surface area contributed by atoms with Crippen molar-refractivity contribution in [1.29, 1.82) is 0 Å². The molecule has 0 radical (unpaired) electrons. The van der Waals surface area contributed by atoms with Crippen LogP contribution in [0.3, 0.4) is 0 Å². The molecule has 3 aromatic carbocycles. The van der Waals surface area contributed by atoms with Crippen LogP contribution in [0.1, 0.15) is 21.5 Å². The first-order valence-electron chi connectivity index (χ1n) is 7.80. The highest BCUT2D eigenvalue weighted by molar-refractivity contribution is 6.51. The molecule has 0 unspecified atom stereocenters. The number of para-hydroxylation sites is 1. The van der Waals surface area contributed by atoms with Gasteiger partial charge in [0.2, 0.25) is 5.78 Å². The van der Waals surface area contributed by atoms with E-state index in [1.54, 1.807) is 48.5 Å². The van der Waals surface area contributed by atoms with Crippen LogP contribution in [0.5, 0.6) is 5.75 Å². The number of carbonyl (C=O) groups excluding carboxylic acids is 1. The van der Waals surface area contributed by atoms with Gasteiger partial charge in [-0.1, -0.05) is 72.8 Å². The van der Waals surface area contributed by atoms with E-state index >= 15 is 0 Å². The number of carbonyl (C=O) groups is 1. The highest BCUT2D eigenvalue weighted by Crippen LogP contribution is 2.13. The van der Waals surface area contributed by atoms with Crippen LogP contribution in [0.4, 0.5) is 0 Å². The Morgan fingerprint density at radius 1 is 0.760 bits per heavy atom. The van der Waals surface area contributed by atoms with E-state index in [1.807, 2.05) is 36.4 Å². The molecule has 0 aromatic heterocycles. The quantitative estimate of drug-likeness (QED) is 0.435. The molecule has 0 aliphatic rings. The second-order valence-corrected chi connectivity index (χ2v) is 5.31. The molecular formula is C21H16N2O2. The lowest BCUT2D eigenvalue weighted by molar-refractivity contribution is 0.106. The minimum absolute atomic E-state index is 0.108. The van der Waals surface area contributed by atoms with Crippen LogP contribution < -0.4 is 0 Å². The Morgan fingerprint density at radius 2 is 1.32 bits per heavy atom. The molecule has 0 aliphatic carbocycles. The minimum Gasteiger partial charge on any atom is -0.507 e. The fourth-order valence-corrected chi connectivity index (χ4v) is 2.30. The van der Waals surface area contributed by atoms with Crippen molar-refractivity contribution in [3.63, 3.8) is 0 Å². The molecule has 0 spiro atoms. The zero-order valence-corrected chi connectivity index (χ0v) is 13.4. The second-order valence-electron chi connectivity index (χ2n) is 5.31. The summed E-state index contributed by atoms with van der Waals surface area (Å²) in [4.78, 5) is 12.8. The lowest BCUT2D eigenvalue weighted by Gasteiger charge is -2.04.